The third-order valence-electron chi connectivity index (χ3n) is 4.98. The number of hydrogen-bond donors (Lipinski definition) is 1. The van der Waals surface area contributed by atoms with Crippen LogP contribution in [0.15, 0.2) is 65.0 Å². The molecule has 1 aliphatic heterocycles. The van der Waals surface area contributed by atoms with Gasteiger partial charge in [0.05, 0.1) is 37.4 Å². The van der Waals surface area contributed by atoms with Crippen molar-refractivity contribution >= 4 is 17.6 Å². The summed E-state index contributed by atoms with van der Waals surface area (Å²) in [5.41, 5.74) is 3.19. The number of nitriles is 1. The summed E-state index contributed by atoms with van der Waals surface area (Å²) < 4.78 is 23.8. The maximum Gasteiger partial charge on any atom is 0.336 e. The smallest absolute Gasteiger partial charge is 0.336 e. The molecule has 1 N–H and O–H groups in total. The molecule has 30 heavy (non-hydrogen) atoms. The van der Waals surface area contributed by atoms with Gasteiger partial charge in [-0.05, 0) is 42.3 Å². The molecule has 0 amide bonds. The summed E-state index contributed by atoms with van der Waals surface area (Å²) in [6.07, 6.45) is 0.425. The second-order valence-electron chi connectivity index (χ2n) is 6.78. The number of rotatable bonds is 5. The number of methoxy groups -OCH3 is 2. The maximum atomic E-state index is 13.6. The molecule has 154 valence electrons. The number of dihydropyridines is 1. The fourth-order valence-corrected chi connectivity index (χ4v) is 3.82. The molecule has 0 fully saturated rings. The van der Waals surface area contributed by atoms with Gasteiger partial charge in [0, 0.05) is 22.8 Å². The maximum absolute atomic E-state index is 13.6. The molecule has 0 saturated heterocycles. The molecular formula is C23H20ClFN2O3. The minimum Gasteiger partial charge on any atom is -0.497 e. The lowest BCUT2D eigenvalue weighted by atomic mass is 9.80. The van der Waals surface area contributed by atoms with Crippen molar-refractivity contribution < 1.29 is 18.7 Å². The average molecular weight is 427 g/mol. The largest absolute Gasteiger partial charge is 0.497 e. The van der Waals surface area contributed by atoms with E-state index < -0.39 is 17.7 Å². The van der Waals surface area contributed by atoms with Gasteiger partial charge in [-0.15, -0.1) is 0 Å². The fourth-order valence-electron chi connectivity index (χ4n) is 3.54. The minimum absolute atomic E-state index is 0.132. The molecular weight excluding hydrogens is 407 g/mol. The number of allylic oxidation sites excluding steroid dienone is 3. The first-order chi connectivity index (χ1) is 14.4. The van der Waals surface area contributed by atoms with Crippen LogP contribution in [0.2, 0.25) is 5.02 Å². The van der Waals surface area contributed by atoms with Crippen molar-refractivity contribution in [1.29, 1.82) is 5.26 Å². The summed E-state index contributed by atoms with van der Waals surface area (Å²) in [5.74, 6) is -1.13. The lowest BCUT2D eigenvalue weighted by Crippen LogP contribution is -2.30. The molecule has 0 saturated carbocycles. The lowest BCUT2D eigenvalue weighted by molar-refractivity contribution is -0.136. The van der Waals surface area contributed by atoms with E-state index in [0.717, 1.165) is 11.3 Å². The number of benzene rings is 2. The summed E-state index contributed by atoms with van der Waals surface area (Å²) in [5, 5.41) is 13.3. The highest BCUT2D eigenvalue weighted by Gasteiger charge is 2.36. The fraction of sp³-hybridized carbons (Fsp3) is 0.217. The van der Waals surface area contributed by atoms with E-state index >= 15 is 0 Å². The van der Waals surface area contributed by atoms with Crippen LogP contribution in [-0.2, 0) is 16.0 Å². The van der Waals surface area contributed by atoms with Gasteiger partial charge in [-0.25, -0.2) is 9.18 Å². The van der Waals surface area contributed by atoms with Gasteiger partial charge in [0.25, 0.3) is 0 Å². The Balaban J connectivity index is 2.13. The monoisotopic (exact) mass is 426 g/mol. The van der Waals surface area contributed by atoms with Gasteiger partial charge in [-0.1, -0.05) is 29.8 Å². The third-order valence-corrected chi connectivity index (χ3v) is 5.31. The van der Waals surface area contributed by atoms with E-state index in [4.69, 9.17) is 21.1 Å². The van der Waals surface area contributed by atoms with Crippen molar-refractivity contribution in [2.24, 2.45) is 0 Å². The molecule has 2 aromatic carbocycles. The van der Waals surface area contributed by atoms with Gasteiger partial charge in [0.2, 0.25) is 0 Å². The molecule has 0 aromatic heterocycles. The Labute approximate surface area is 179 Å². The first-order valence-electron chi connectivity index (χ1n) is 9.16. The van der Waals surface area contributed by atoms with Crippen LogP contribution in [0.3, 0.4) is 0 Å². The molecule has 5 nitrogen and oxygen atoms in total. The molecule has 1 aliphatic rings. The first kappa shape index (κ1) is 21.4. The Hall–Kier alpha value is -3.30. The highest BCUT2D eigenvalue weighted by atomic mass is 35.5. The van der Waals surface area contributed by atoms with Crippen molar-refractivity contribution in [1.82, 2.24) is 5.32 Å². The van der Waals surface area contributed by atoms with Crippen LogP contribution in [0.25, 0.3) is 0 Å². The first-order valence-corrected chi connectivity index (χ1v) is 9.54. The van der Waals surface area contributed by atoms with Crippen LogP contribution in [0.5, 0.6) is 5.75 Å². The molecule has 3 rings (SSSR count). The number of nitrogens with one attached hydrogen (secondary N) is 1. The predicted molar refractivity (Wildman–Crippen MR) is 111 cm³/mol. The number of carbonyl (C=O) groups excluding carboxylic acids is 1. The van der Waals surface area contributed by atoms with Gasteiger partial charge in [-0.3, -0.25) is 0 Å². The Morgan fingerprint density at radius 1 is 1.23 bits per heavy atom. The number of carbonyl (C=O) groups is 1. The SMILES string of the molecule is COC(=O)C1=C(C)NC(Cc2ccc(OC)cc2)=C(C#N)C1c1ccc(F)cc1Cl. The van der Waals surface area contributed by atoms with Crippen molar-refractivity contribution in [2.75, 3.05) is 14.2 Å². The average Bonchev–Trinajstić information content (AvgIpc) is 2.73. The highest BCUT2D eigenvalue weighted by Crippen LogP contribution is 2.41. The molecule has 1 heterocycles. The second-order valence-corrected chi connectivity index (χ2v) is 7.19. The molecule has 2 aromatic rings. The second kappa shape index (κ2) is 9.02. The van der Waals surface area contributed by atoms with Crippen molar-refractivity contribution in [3.63, 3.8) is 0 Å². The highest BCUT2D eigenvalue weighted by molar-refractivity contribution is 6.31. The Morgan fingerprint density at radius 2 is 1.93 bits per heavy atom. The predicted octanol–water partition coefficient (Wildman–Crippen LogP) is 4.64. The molecule has 0 aliphatic carbocycles. The van der Waals surface area contributed by atoms with Crippen LogP contribution in [0.4, 0.5) is 4.39 Å². The normalized spacial score (nSPS) is 16.1. The number of ether oxygens (including phenoxy) is 2. The van der Waals surface area contributed by atoms with Gasteiger partial charge in [0.15, 0.2) is 0 Å². The number of halogens is 2. The van der Waals surface area contributed by atoms with E-state index in [9.17, 15) is 14.4 Å². The topological polar surface area (TPSA) is 71.3 Å². The molecule has 1 atom stereocenters. The molecule has 0 radical (unpaired) electrons. The van der Waals surface area contributed by atoms with Gasteiger partial charge in [-0.2, -0.15) is 5.26 Å². The molecule has 1 unspecified atom stereocenters. The quantitative estimate of drug-likeness (QED) is 0.705. The standard InChI is InChI=1S/C23H20ClFN2O3/c1-13-21(23(28)30-3)22(17-9-6-15(25)11-19(17)24)18(12-26)20(27-13)10-14-4-7-16(29-2)8-5-14/h4-9,11,22,27H,10H2,1-3H3. The lowest BCUT2D eigenvalue weighted by Gasteiger charge is -2.30. The Kier molecular flexibility index (Phi) is 6.43. The number of nitrogens with zero attached hydrogens (tertiary/aromatic N) is 1. The zero-order chi connectivity index (χ0) is 21.8. The van der Waals surface area contributed by atoms with Gasteiger partial charge < -0.3 is 14.8 Å². The van der Waals surface area contributed by atoms with Crippen molar-refractivity contribution in [2.45, 2.75) is 19.3 Å². The van der Waals surface area contributed by atoms with Crippen molar-refractivity contribution in [3.05, 3.63) is 87.0 Å². The zero-order valence-corrected chi connectivity index (χ0v) is 17.5. The number of hydrogen-bond acceptors (Lipinski definition) is 5. The van der Waals surface area contributed by atoms with E-state index in [-0.39, 0.29) is 10.6 Å². The summed E-state index contributed by atoms with van der Waals surface area (Å²) in [7, 11) is 2.86. The number of esters is 1. The van der Waals surface area contributed by atoms with E-state index in [2.05, 4.69) is 11.4 Å². The summed E-state index contributed by atoms with van der Waals surface area (Å²) in [6, 6.07) is 13.6. The third kappa shape index (κ3) is 4.17. The Morgan fingerprint density at radius 3 is 2.50 bits per heavy atom. The van der Waals surface area contributed by atoms with Crippen molar-refractivity contribution in [3.8, 4) is 11.8 Å². The van der Waals surface area contributed by atoms with E-state index in [0.29, 0.717) is 29.0 Å². The molecule has 0 spiro atoms. The van der Waals surface area contributed by atoms with Crippen LogP contribution >= 0.6 is 11.6 Å². The van der Waals surface area contributed by atoms with Crippen LogP contribution in [-0.4, -0.2) is 20.2 Å². The van der Waals surface area contributed by atoms with Crippen LogP contribution in [0, 0.1) is 17.1 Å². The van der Waals surface area contributed by atoms with E-state index in [1.54, 1.807) is 14.0 Å². The molecule has 7 heteroatoms. The van der Waals surface area contributed by atoms with E-state index in [1.165, 1.54) is 25.3 Å². The van der Waals surface area contributed by atoms with Crippen LogP contribution in [0.1, 0.15) is 24.0 Å². The molecule has 0 bridgehead atoms. The summed E-state index contributed by atoms with van der Waals surface area (Å²) in [6.45, 7) is 1.73. The summed E-state index contributed by atoms with van der Waals surface area (Å²) in [4.78, 5) is 12.6. The minimum atomic E-state index is -0.773. The summed E-state index contributed by atoms with van der Waals surface area (Å²) >= 11 is 6.31. The van der Waals surface area contributed by atoms with Gasteiger partial charge in [0.1, 0.15) is 11.6 Å². The van der Waals surface area contributed by atoms with Gasteiger partial charge >= 0.3 is 5.97 Å². The Bertz CT molecular complexity index is 1080. The van der Waals surface area contributed by atoms with Crippen LogP contribution < -0.4 is 10.1 Å². The zero-order valence-electron chi connectivity index (χ0n) is 16.8. The van der Waals surface area contributed by atoms with E-state index in [1.807, 2.05) is 24.3 Å².